The van der Waals surface area contributed by atoms with Gasteiger partial charge in [0.2, 0.25) is 0 Å². The molecule has 4 rings (SSSR count). The van der Waals surface area contributed by atoms with Gasteiger partial charge in [-0.25, -0.2) is 9.59 Å². The molecule has 0 spiro atoms. The Morgan fingerprint density at radius 2 is 0.977 bits per heavy atom. The van der Waals surface area contributed by atoms with Gasteiger partial charge < -0.3 is 45.6 Å². The van der Waals surface area contributed by atoms with Crippen molar-refractivity contribution in [2.45, 2.75) is 9.79 Å². The van der Waals surface area contributed by atoms with Crippen LogP contribution in [0.3, 0.4) is 0 Å². The first kappa shape index (κ1) is 35.0. The molecule has 16 nitrogen and oxygen atoms in total. The highest BCUT2D eigenvalue weighted by molar-refractivity contribution is 8.19. The SMILES string of the molecule is Nc1ccc(O)c(C(=O)O)c1.Nc1ccc(S(=O)(=O)O)cc1.O=C(O)c1cc(N=Nc2ccc(S(O)(O)O)cc2)ccc1O. The fourth-order valence-electron chi connectivity index (χ4n) is 2.93. The van der Waals surface area contributed by atoms with Crippen LogP contribution >= 0.6 is 10.9 Å². The summed E-state index contributed by atoms with van der Waals surface area (Å²) in [4.78, 5) is 21.0. The number of carboxylic acids is 2. The Kier molecular flexibility index (Phi) is 11.7. The number of carboxylic acid groups (broad SMARTS) is 2. The number of nitrogen functional groups attached to an aromatic ring is 2. The summed E-state index contributed by atoms with van der Waals surface area (Å²) in [6, 6.07) is 18.3. The van der Waals surface area contributed by atoms with Gasteiger partial charge in [0.15, 0.2) is 0 Å². The molecule has 4 aromatic carbocycles. The molecule has 0 atom stereocenters. The molecule has 0 amide bonds. The van der Waals surface area contributed by atoms with Crippen molar-refractivity contribution in [3.63, 3.8) is 0 Å². The average Bonchev–Trinajstić information content (AvgIpc) is 2.94. The Labute approximate surface area is 251 Å². The zero-order chi connectivity index (χ0) is 33.2. The monoisotopic (exact) mass is 650 g/mol. The summed E-state index contributed by atoms with van der Waals surface area (Å²) in [5.41, 5.74) is 11.5. The molecule has 0 aromatic heterocycles. The van der Waals surface area contributed by atoms with Crippen LogP contribution in [0.4, 0.5) is 22.7 Å². The first-order valence-corrected chi connectivity index (χ1v) is 14.6. The summed E-state index contributed by atoms with van der Waals surface area (Å²) >= 11 is 0. The maximum atomic E-state index is 10.9. The molecule has 12 N–H and O–H groups in total. The number of hydrogen-bond donors (Lipinski definition) is 10. The van der Waals surface area contributed by atoms with Crippen LogP contribution in [0.25, 0.3) is 0 Å². The number of nitrogens with zero attached hydrogens (tertiary/aromatic N) is 2. The van der Waals surface area contributed by atoms with Gasteiger partial charge in [-0.15, -0.1) is 0 Å². The van der Waals surface area contributed by atoms with Crippen LogP contribution in [0.1, 0.15) is 20.7 Å². The topological polar surface area (TPSA) is 307 Å². The van der Waals surface area contributed by atoms with E-state index >= 15 is 0 Å². The molecule has 0 saturated heterocycles. The van der Waals surface area contributed by atoms with E-state index in [9.17, 15) is 23.1 Å². The van der Waals surface area contributed by atoms with Gasteiger partial charge in [-0.05, 0) is 84.9 Å². The number of rotatable bonds is 6. The molecular formula is C26H26N4O12S2. The second-order valence-corrected chi connectivity index (χ2v) is 11.3. The molecular weight excluding hydrogens is 624 g/mol. The van der Waals surface area contributed by atoms with E-state index in [0.29, 0.717) is 17.1 Å². The molecule has 44 heavy (non-hydrogen) atoms. The highest BCUT2D eigenvalue weighted by Crippen LogP contribution is 2.43. The van der Waals surface area contributed by atoms with Gasteiger partial charge in [0.1, 0.15) is 33.5 Å². The van der Waals surface area contributed by atoms with E-state index in [-0.39, 0.29) is 38.1 Å². The standard InChI is InChI=1S/C13H12N2O6S.C7H7NO3.C6H7NO3S/c16-12-6-3-9(7-11(12)13(17)18)15-14-8-1-4-10(5-2-8)22(19,20)21;8-4-1-2-6(9)5(3-4)7(10)11;7-5-1-3-6(4-2-5)11(8,9)10/h1-7,16,19-21H,(H,17,18);1-3,9H,8H2,(H,10,11);1-4H,7H2,(H,8,9,10). The van der Waals surface area contributed by atoms with Gasteiger partial charge in [0.25, 0.3) is 10.1 Å². The smallest absolute Gasteiger partial charge is 0.339 e. The second-order valence-electron chi connectivity index (χ2n) is 8.35. The number of anilines is 2. The van der Waals surface area contributed by atoms with E-state index < -0.39 is 32.9 Å². The van der Waals surface area contributed by atoms with Crippen molar-refractivity contribution < 1.29 is 56.6 Å². The summed E-state index contributed by atoms with van der Waals surface area (Å²) in [5.74, 6) is -3.11. The third-order valence-corrected chi connectivity index (χ3v) is 6.85. The van der Waals surface area contributed by atoms with Crippen LogP contribution in [0, 0.1) is 0 Å². The molecule has 0 radical (unpaired) electrons. The van der Waals surface area contributed by atoms with Crippen molar-refractivity contribution in [1.82, 2.24) is 0 Å². The van der Waals surface area contributed by atoms with E-state index in [1.807, 2.05) is 0 Å². The lowest BCUT2D eigenvalue weighted by molar-refractivity contribution is 0.0682. The van der Waals surface area contributed by atoms with Crippen LogP contribution in [-0.2, 0) is 10.1 Å². The van der Waals surface area contributed by atoms with Crippen LogP contribution in [0.2, 0.25) is 0 Å². The third kappa shape index (κ3) is 10.9. The maximum absolute atomic E-state index is 10.9. The van der Waals surface area contributed by atoms with Crippen LogP contribution in [0.15, 0.2) is 105 Å². The second kappa shape index (κ2) is 14.8. The van der Waals surface area contributed by atoms with Crippen molar-refractivity contribution in [2.24, 2.45) is 10.2 Å². The minimum Gasteiger partial charge on any atom is -0.507 e. The molecule has 234 valence electrons. The zero-order valence-electron chi connectivity index (χ0n) is 22.2. The first-order chi connectivity index (χ1) is 20.4. The number of aromatic hydroxyl groups is 2. The maximum Gasteiger partial charge on any atom is 0.339 e. The number of carbonyl (C=O) groups is 2. The molecule has 0 bridgehead atoms. The molecule has 0 fully saturated rings. The first-order valence-electron chi connectivity index (χ1n) is 11.6. The Hall–Kier alpha value is -5.24. The van der Waals surface area contributed by atoms with Gasteiger partial charge in [-0.2, -0.15) is 18.6 Å². The minimum atomic E-state index is -4.08. The van der Waals surface area contributed by atoms with Gasteiger partial charge >= 0.3 is 11.9 Å². The molecule has 4 aromatic rings. The van der Waals surface area contributed by atoms with Crippen LogP contribution in [0.5, 0.6) is 11.5 Å². The molecule has 0 saturated carbocycles. The lowest BCUT2D eigenvalue weighted by atomic mass is 10.2. The number of benzene rings is 4. The van der Waals surface area contributed by atoms with Crippen molar-refractivity contribution in [3.8, 4) is 11.5 Å². The normalized spacial score (nSPS) is 11.5. The Bertz CT molecular complexity index is 1760. The predicted molar refractivity (Wildman–Crippen MR) is 160 cm³/mol. The number of aromatic carboxylic acids is 2. The molecule has 18 heteroatoms. The van der Waals surface area contributed by atoms with E-state index in [1.165, 1.54) is 84.9 Å². The quantitative estimate of drug-likeness (QED) is 0.0549. The number of hydrogen-bond acceptors (Lipinski definition) is 13. The van der Waals surface area contributed by atoms with Gasteiger partial charge in [-0.3, -0.25) is 4.55 Å². The summed E-state index contributed by atoms with van der Waals surface area (Å²) in [6.45, 7) is 0. The Balaban J connectivity index is 0.000000257. The average molecular weight is 651 g/mol. The lowest BCUT2D eigenvalue weighted by Crippen LogP contribution is -1.97. The van der Waals surface area contributed by atoms with Crippen molar-refractivity contribution in [1.29, 1.82) is 0 Å². The Morgan fingerprint density at radius 1 is 0.568 bits per heavy atom. The molecule has 0 heterocycles. The van der Waals surface area contributed by atoms with Gasteiger partial charge in [0.05, 0.1) is 21.2 Å². The molecule has 0 aliphatic rings. The summed E-state index contributed by atoms with van der Waals surface area (Å²) < 4.78 is 56.6. The van der Waals surface area contributed by atoms with Crippen molar-refractivity contribution in [3.05, 3.63) is 96.1 Å². The summed E-state index contributed by atoms with van der Waals surface area (Å²) in [5, 5.41) is 43.4. The largest absolute Gasteiger partial charge is 0.507 e. The van der Waals surface area contributed by atoms with E-state index in [0.717, 1.165) is 0 Å². The van der Waals surface area contributed by atoms with Gasteiger partial charge in [0, 0.05) is 11.4 Å². The fourth-order valence-corrected chi connectivity index (χ4v) is 3.91. The molecule has 0 unspecified atom stereocenters. The van der Waals surface area contributed by atoms with Crippen LogP contribution < -0.4 is 11.5 Å². The van der Waals surface area contributed by atoms with Crippen molar-refractivity contribution >= 4 is 55.7 Å². The number of azo groups is 1. The summed E-state index contributed by atoms with van der Waals surface area (Å²) in [7, 11) is -7.85. The zero-order valence-corrected chi connectivity index (χ0v) is 23.8. The predicted octanol–water partition coefficient (Wildman–Crippen LogP) is 5.28. The van der Waals surface area contributed by atoms with E-state index in [4.69, 9.17) is 45.0 Å². The number of nitrogens with two attached hydrogens (primary N) is 2. The molecule has 0 aliphatic carbocycles. The Morgan fingerprint density at radius 3 is 1.43 bits per heavy atom. The van der Waals surface area contributed by atoms with E-state index in [2.05, 4.69) is 10.2 Å². The summed E-state index contributed by atoms with van der Waals surface area (Å²) in [6.07, 6.45) is 0. The van der Waals surface area contributed by atoms with Gasteiger partial charge in [-0.1, -0.05) is 0 Å². The van der Waals surface area contributed by atoms with E-state index in [1.54, 1.807) is 0 Å². The minimum absolute atomic E-state index is 0.0516. The van der Waals surface area contributed by atoms with Crippen LogP contribution in [-0.4, -0.2) is 59.0 Å². The fraction of sp³-hybridized carbons (Fsp3) is 0. The third-order valence-electron chi connectivity index (χ3n) is 5.07. The highest BCUT2D eigenvalue weighted by atomic mass is 32.3. The van der Waals surface area contributed by atoms with Crippen molar-refractivity contribution in [2.75, 3.05) is 11.5 Å². The molecule has 0 aliphatic heterocycles. The highest BCUT2D eigenvalue weighted by Gasteiger charge is 2.15. The lowest BCUT2D eigenvalue weighted by Gasteiger charge is -2.18. The number of phenols is 2.